The van der Waals surface area contributed by atoms with E-state index in [4.69, 9.17) is 18.9 Å². The van der Waals surface area contributed by atoms with Crippen LogP contribution in [0.25, 0.3) is 0 Å². The van der Waals surface area contributed by atoms with Crippen LogP contribution in [0.2, 0.25) is 0 Å². The lowest BCUT2D eigenvalue weighted by molar-refractivity contribution is -0.130. The number of ether oxygens (including phenoxy) is 4. The molecule has 0 spiro atoms. The minimum atomic E-state index is -0.263. The van der Waals surface area contributed by atoms with Gasteiger partial charge in [-0.1, -0.05) is 0 Å². The van der Waals surface area contributed by atoms with Crippen LogP contribution in [0, 0.1) is 0 Å². The maximum atomic E-state index is 12.3. The molecule has 0 radical (unpaired) electrons. The van der Waals surface area contributed by atoms with E-state index in [2.05, 4.69) is 5.10 Å². The van der Waals surface area contributed by atoms with Crippen LogP contribution in [0.4, 0.5) is 0 Å². The SMILES string of the molecule is COc1ccc(C2CC(c3ccc(OC)c(OC)c3)=NN2C(C)=O)c(OC)c1. The van der Waals surface area contributed by atoms with E-state index in [1.54, 1.807) is 28.4 Å². The third kappa shape index (κ3) is 3.60. The number of hydrogen-bond donors (Lipinski definition) is 0. The largest absolute Gasteiger partial charge is 0.497 e. The molecule has 148 valence electrons. The van der Waals surface area contributed by atoms with Gasteiger partial charge in [0.2, 0.25) is 5.91 Å². The maximum absolute atomic E-state index is 12.3. The van der Waals surface area contributed by atoms with Crippen molar-refractivity contribution in [3.05, 3.63) is 47.5 Å². The highest BCUT2D eigenvalue weighted by Crippen LogP contribution is 2.39. The summed E-state index contributed by atoms with van der Waals surface area (Å²) in [6, 6.07) is 10.9. The predicted octanol–water partition coefficient (Wildman–Crippen LogP) is 3.42. The summed E-state index contributed by atoms with van der Waals surface area (Å²) in [5.74, 6) is 2.45. The quantitative estimate of drug-likeness (QED) is 0.763. The van der Waals surface area contributed by atoms with Crippen LogP contribution in [0.3, 0.4) is 0 Å². The molecule has 0 saturated carbocycles. The predicted molar refractivity (Wildman–Crippen MR) is 106 cm³/mol. The normalized spacial score (nSPS) is 15.8. The molecule has 0 fully saturated rings. The molecule has 1 atom stereocenters. The van der Waals surface area contributed by atoms with E-state index >= 15 is 0 Å². The van der Waals surface area contributed by atoms with Crippen molar-refractivity contribution in [2.24, 2.45) is 5.10 Å². The first-order chi connectivity index (χ1) is 13.5. The Morgan fingerprint density at radius 3 is 2.25 bits per heavy atom. The van der Waals surface area contributed by atoms with Crippen molar-refractivity contribution in [2.75, 3.05) is 28.4 Å². The molecule has 2 aromatic carbocycles. The summed E-state index contributed by atoms with van der Waals surface area (Å²) >= 11 is 0. The summed E-state index contributed by atoms with van der Waals surface area (Å²) < 4.78 is 21.5. The van der Waals surface area contributed by atoms with Crippen LogP contribution in [0.15, 0.2) is 41.5 Å². The van der Waals surface area contributed by atoms with Gasteiger partial charge in [0.25, 0.3) is 0 Å². The van der Waals surface area contributed by atoms with Crippen LogP contribution in [0.1, 0.15) is 30.5 Å². The summed E-state index contributed by atoms with van der Waals surface area (Å²) in [6.45, 7) is 1.50. The van der Waals surface area contributed by atoms with Gasteiger partial charge < -0.3 is 18.9 Å². The van der Waals surface area contributed by atoms with Gasteiger partial charge >= 0.3 is 0 Å². The zero-order valence-corrected chi connectivity index (χ0v) is 16.7. The lowest BCUT2D eigenvalue weighted by Crippen LogP contribution is -2.24. The number of nitrogens with zero attached hydrogens (tertiary/aromatic N) is 2. The molecule has 1 aliphatic heterocycles. The Kier molecular flexibility index (Phi) is 5.73. The lowest BCUT2D eigenvalue weighted by Gasteiger charge is -2.22. The monoisotopic (exact) mass is 384 g/mol. The number of rotatable bonds is 6. The fraction of sp³-hybridized carbons (Fsp3) is 0.333. The van der Waals surface area contributed by atoms with E-state index in [0.717, 1.165) is 16.8 Å². The molecule has 0 bridgehead atoms. The standard InChI is InChI=1S/C21H24N2O5/c1-13(24)23-18(16-8-7-15(25-2)11-20(16)27-4)12-17(22-23)14-6-9-19(26-3)21(10-14)28-5/h6-11,18H,12H2,1-5H3. The number of amides is 1. The molecule has 0 aromatic heterocycles. The van der Waals surface area contributed by atoms with E-state index in [9.17, 15) is 4.79 Å². The van der Waals surface area contributed by atoms with Gasteiger partial charge in [-0.15, -0.1) is 0 Å². The molecular formula is C21H24N2O5. The average Bonchev–Trinajstić information content (AvgIpc) is 3.18. The van der Waals surface area contributed by atoms with Crippen molar-refractivity contribution in [1.82, 2.24) is 5.01 Å². The van der Waals surface area contributed by atoms with Gasteiger partial charge in [-0.05, 0) is 30.3 Å². The summed E-state index contributed by atoms with van der Waals surface area (Å²) in [6.07, 6.45) is 0.553. The van der Waals surface area contributed by atoms with E-state index in [0.29, 0.717) is 29.4 Å². The van der Waals surface area contributed by atoms with Crippen molar-refractivity contribution in [3.8, 4) is 23.0 Å². The molecule has 1 unspecified atom stereocenters. The third-order valence-corrected chi connectivity index (χ3v) is 4.75. The van der Waals surface area contributed by atoms with Crippen molar-refractivity contribution in [1.29, 1.82) is 0 Å². The summed E-state index contributed by atoms with van der Waals surface area (Å²) in [4.78, 5) is 12.3. The van der Waals surface area contributed by atoms with Gasteiger partial charge in [0.05, 0.1) is 40.2 Å². The highest BCUT2D eigenvalue weighted by atomic mass is 16.5. The summed E-state index contributed by atoms with van der Waals surface area (Å²) in [5.41, 5.74) is 2.54. The van der Waals surface area contributed by atoms with Gasteiger partial charge in [0, 0.05) is 30.5 Å². The molecule has 0 N–H and O–H groups in total. The van der Waals surface area contributed by atoms with Gasteiger partial charge in [0.15, 0.2) is 11.5 Å². The second kappa shape index (κ2) is 8.21. The number of methoxy groups -OCH3 is 4. The molecule has 1 heterocycles. The smallest absolute Gasteiger partial charge is 0.240 e. The molecule has 0 aliphatic carbocycles. The van der Waals surface area contributed by atoms with Gasteiger partial charge in [-0.25, -0.2) is 5.01 Å². The second-order valence-corrected chi connectivity index (χ2v) is 6.31. The molecule has 0 saturated heterocycles. The number of benzene rings is 2. The Morgan fingerprint density at radius 1 is 0.929 bits per heavy atom. The minimum Gasteiger partial charge on any atom is -0.497 e. The van der Waals surface area contributed by atoms with Gasteiger partial charge in [-0.2, -0.15) is 5.10 Å². The molecule has 1 amide bonds. The molecule has 7 heteroatoms. The third-order valence-electron chi connectivity index (χ3n) is 4.75. The van der Waals surface area contributed by atoms with Crippen LogP contribution in [0.5, 0.6) is 23.0 Å². The highest BCUT2D eigenvalue weighted by Gasteiger charge is 2.33. The number of hydrazone groups is 1. The van der Waals surface area contributed by atoms with E-state index in [1.807, 2.05) is 36.4 Å². The first-order valence-corrected chi connectivity index (χ1v) is 8.84. The Bertz CT molecular complexity index is 910. The van der Waals surface area contributed by atoms with Crippen LogP contribution < -0.4 is 18.9 Å². The first-order valence-electron chi connectivity index (χ1n) is 8.84. The van der Waals surface area contributed by atoms with Crippen molar-refractivity contribution < 1.29 is 23.7 Å². The van der Waals surface area contributed by atoms with Crippen LogP contribution in [-0.2, 0) is 4.79 Å². The maximum Gasteiger partial charge on any atom is 0.240 e. The van der Waals surface area contributed by atoms with E-state index in [-0.39, 0.29) is 11.9 Å². The molecule has 28 heavy (non-hydrogen) atoms. The van der Waals surface area contributed by atoms with E-state index < -0.39 is 0 Å². The van der Waals surface area contributed by atoms with Crippen LogP contribution in [-0.4, -0.2) is 45.1 Å². The molecule has 7 nitrogen and oxygen atoms in total. The lowest BCUT2D eigenvalue weighted by atomic mass is 9.97. The minimum absolute atomic E-state index is 0.140. The number of carbonyl (C=O) groups is 1. The zero-order valence-electron chi connectivity index (χ0n) is 16.7. The van der Waals surface area contributed by atoms with Crippen molar-refractivity contribution in [3.63, 3.8) is 0 Å². The summed E-state index contributed by atoms with van der Waals surface area (Å²) in [7, 11) is 6.38. The van der Waals surface area contributed by atoms with Crippen molar-refractivity contribution >= 4 is 11.6 Å². The first kappa shape index (κ1) is 19.5. The number of hydrogen-bond acceptors (Lipinski definition) is 6. The summed E-state index contributed by atoms with van der Waals surface area (Å²) in [5, 5.41) is 6.08. The fourth-order valence-corrected chi connectivity index (χ4v) is 3.33. The average molecular weight is 384 g/mol. The van der Waals surface area contributed by atoms with Gasteiger partial charge in [-0.3, -0.25) is 4.79 Å². The Morgan fingerprint density at radius 2 is 1.64 bits per heavy atom. The zero-order chi connectivity index (χ0) is 20.3. The Labute approximate surface area is 164 Å². The Balaban J connectivity index is 1.98. The van der Waals surface area contributed by atoms with Crippen molar-refractivity contribution in [2.45, 2.75) is 19.4 Å². The number of carbonyl (C=O) groups excluding carboxylic acids is 1. The van der Waals surface area contributed by atoms with E-state index in [1.165, 1.54) is 11.9 Å². The van der Waals surface area contributed by atoms with Gasteiger partial charge in [0.1, 0.15) is 11.5 Å². The fourth-order valence-electron chi connectivity index (χ4n) is 3.33. The highest BCUT2D eigenvalue weighted by molar-refractivity contribution is 6.03. The molecule has 1 aliphatic rings. The second-order valence-electron chi connectivity index (χ2n) is 6.31. The Hall–Kier alpha value is -3.22. The topological polar surface area (TPSA) is 69.6 Å². The van der Waals surface area contributed by atoms with Crippen LogP contribution >= 0.6 is 0 Å². The molecule has 3 rings (SSSR count). The molecular weight excluding hydrogens is 360 g/mol. The molecule has 2 aromatic rings.